The lowest BCUT2D eigenvalue weighted by Gasteiger charge is -2.19. The zero-order valence-corrected chi connectivity index (χ0v) is 8.93. The summed E-state index contributed by atoms with van der Waals surface area (Å²) in [6.07, 6.45) is 0.0687. The van der Waals surface area contributed by atoms with E-state index in [1.807, 2.05) is 6.92 Å². The van der Waals surface area contributed by atoms with Crippen LogP contribution >= 0.6 is 0 Å². The first kappa shape index (κ1) is 13.9. The van der Waals surface area contributed by atoms with Crippen molar-refractivity contribution < 1.29 is 19.8 Å². The Morgan fingerprint density at radius 1 is 1.47 bits per heavy atom. The Kier molecular flexibility index (Phi) is 5.88. The van der Waals surface area contributed by atoms with E-state index in [1.165, 1.54) is 6.92 Å². The third-order valence-electron chi connectivity index (χ3n) is 1.98. The summed E-state index contributed by atoms with van der Waals surface area (Å²) in [5, 5.41) is 20.0. The molecular formula is C9H18N2O4. The molecule has 0 saturated heterocycles. The van der Waals surface area contributed by atoms with E-state index in [0.717, 1.165) is 6.42 Å². The van der Waals surface area contributed by atoms with Crippen molar-refractivity contribution in [3.05, 3.63) is 0 Å². The zero-order chi connectivity index (χ0) is 12.0. The second-order valence-corrected chi connectivity index (χ2v) is 3.46. The molecule has 0 rings (SSSR count). The number of amides is 1. The van der Waals surface area contributed by atoms with Crippen molar-refractivity contribution in [3.63, 3.8) is 0 Å². The van der Waals surface area contributed by atoms with Gasteiger partial charge in [-0.2, -0.15) is 0 Å². The molecule has 0 bridgehead atoms. The fourth-order valence-electron chi connectivity index (χ4n) is 1.09. The molecule has 1 amide bonds. The molecular weight excluding hydrogens is 200 g/mol. The van der Waals surface area contributed by atoms with Gasteiger partial charge in [-0.15, -0.1) is 0 Å². The minimum absolute atomic E-state index is 0.484. The van der Waals surface area contributed by atoms with Gasteiger partial charge in [0.05, 0.1) is 12.1 Å². The van der Waals surface area contributed by atoms with Gasteiger partial charge in [0.2, 0.25) is 5.91 Å². The van der Waals surface area contributed by atoms with E-state index < -0.39 is 30.1 Å². The second-order valence-electron chi connectivity index (χ2n) is 3.46. The third-order valence-corrected chi connectivity index (χ3v) is 1.98. The van der Waals surface area contributed by atoms with E-state index in [0.29, 0.717) is 6.42 Å². The number of carboxylic acid groups (broad SMARTS) is 1. The number of aliphatic hydroxyl groups is 1. The Morgan fingerprint density at radius 2 is 2.00 bits per heavy atom. The SMILES string of the molecule is CCCC(N)C(=O)N[C@H](C(=O)O)[C@@H](C)O. The van der Waals surface area contributed by atoms with Crippen LogP contribution in [0.1, 0.15) is 26.7 Å². The van der Waals surface area contributed by atoms with Gasteiger partial charge in [0, 0.05) is 0 Å². The average molecular weight is 218 g/mol. The maximum Gasteiger partial charge on any atom is 0.328 e. The van der Waals surface area contributed by atoms with Gasteiger partial charge in [0.1, 0.15) is 0 Å². The highest BCUT2D eigenvalue weighted by molar-refractivity contribution is 5.87. The predicted octanol–water partition coefficient (Wildman–Crippen LogP) is -0.936. The second kappa shape index (κ2) is 6.36. The van der Waals surface area contributed by atoms with Crippen molar-refractivity contribution in [2.45, 2.75) is 44.9 Å². The monoisotopic (exact) mass is 218 g/mol. The Morgan fingerprint density at radius 3 is 2.33 bits per heavy atom. The highest BCUT2D eigenvalue weighted by Gasteiger charge is 2.26. The smallest absolute Gasteiger partial charge is 0.328 e. The van der Waals surface area contributed by atoms with E-state index >= 15 is 0 Å². The number of rotatable bonds is 6. The fourth-order valence-corrected chi connectivity index (χ4v) is 1.09. The molecule has 0 radical (unpaired) electrons. The topological polar surface area (TPSA) is 113 Å². The van der Waals surface area contributed by atoms with E-state index in [1.54, 1.807) is 0 Å². The average Bonchev–Trinajstić information content (AvgIpc) is 2.12. The van der Waals surface area contributed by atoms with E-state index in [2.05, 4.69) is 5.32 Å². The van der Waals surface area contributed by atoms with Crippen molar-refractivity contribution in [2.24, 2.45) is 5.73 Å². The maximum atomic E-state index is 11.3. The number of hydrogen-bond acceptors (Lipinski definition) is 4. The number of aliphatic carboxylic acids is 1. The molecule has 6 nitrogen and oxygen atoms in total. The van der Waals surface area contributed by atoms with Crippen LogP contribution in [0.15, 0.2) is 0 Å². The van der Waals surface area contributed by atoms with Crippen LogP contribution in [0.3, 0.4) is 0 Å². The molecule has 0 spiro atoms. The Hall–Kier alpha value is -1.14. The number of carboxylic acids is 1. The van der Waals surface area contributed by atoms with Gasteiger partial charge in [0.25, 0.3) is 0 Å². The van der Waals surface area contributed by atoms with E-state index in [4.69, 9.17) is 15.9 Å². The summed E-state index contributed by atoms with van der Waals surface area (Å²) >= 11 is 0. The highest BCUT2D eigenvalue weighted by atomic mass is 16.4. The first-order valence-corrected chi connectivity index (χ1v) is 4.87. The van der Waals surface area contributed by atoms with Crippen LogP contribution in [-0.4, -0.2) is 40.3 Å². The van der Waals surface area contributed by atoms with Crippen LogP contribution in [-0.2, 0) is 9.59 Å². The number of carbonyl (C=O) groups is 2. The number of nitrogens with two attached hydrogens (primary N) is 1. The molecule has 0 aromatic carbocycles. The quantitative estimate of drug-likeness (QED) is 0.460. The molecule has 0 fully saturated rings. The molecule has 0 aliphatic heterocycles. The van der Waals surface area contributed by atoms with Gasteiger partial charge in [0.15, 0.2) is 6.04 Å². The van der Waals surface area contributed by atoms with Gasteiger partial charge in [-0.25, -0.2) is 4.79 Å². The van der Waals surface area contributed by atoms with E-state index in [9.17, 15) is 9.59 Å². The molecule has 15 heavy (non-hydrogen) atoms. The zero-order valence-electron chi connectivity index (χ0n) is 8.93. The molecule has 0 aliphatic rings. The summed E-state index contributed by atoms with van der Waals surface area (Å²) in [5.74, 6) is -1.83. The van der Waals surface area contributed by atoms with Gasteiger partial charge >= 0.3 is 5.97 Å². The van der Waals surface area contributed by atoms with Gasteiger partial charge in [-0.05, 0) is 13.3 Å². The number of aliphatic hydroxyl groups excluding tert-OH is 1. The van der Waals surface area contributed by atoms with Crippen LogP contribution < -0.4 is 11.1 Å². The minimum atomic E-state index is -1.31. The van der Waals surface area contributed by atoms with Gasteiger partial charge in [-0.1, -0.05) is 13.3 Å². The summed E-state index contributed by atoms with van der Waals surface area (Å²) in [6.45, 7) is 3.17. The lowest BCUT2D eigenvalue weighted by atomic mass is 10.1. The number of carbonyl (C=O) groups excluding carboxylic acids is 1. The van der Waals surface area contributed by atoms with Gasteiger partial charge in [-0.3, -0.25) is 4.79 Å². The molecule has 3 atom stereocenters. The summed E-state index contributed by atoms with van der Waals surface area (Å²) in [7, 11) is 0. The van der Waals surface area contributed by atoms with Gasteiger partial charge < -0.3 is 21.3 Å². The lowest BCUT2D eigenvalue weighted by Crippen LogP contribution is -2.52. The Bertz CT molecular complexity index is 230. The number of hydrogen-bond donors (Lipinski definition) is 4. The Labute approximate surface area is 88.5 Å². The largest absolute Gasteiger partial charge is 0.480 e. The lowest BCUT2D eigenvalue weighted by molar-refractivity contribution is -0.145. The predicted molar refractivity (Wildman–Crippen MR) is 54.1 cm³/mol. The van der Waals surface area contributed by atoms with Crippen molar-refractivity contribution in [2.75, 3.05) is 0 Å². The summed E-state index contributed by atoms with van der Waals surface area (Å²) in [4.78, 5) is 22.0. The molecule has 0 heterocycles. The molecule has 5 N–H and O–H groups in total. The van der Waals surface area contributed by atoms with Crippen LogP contribution in [0.2, 0.25) is 0 Å². The molecule has 0 aliphatic carbocycles. The van der Waals surface area contributed by atoms with Crippen LogP contribution in [0.5, 0.6) is 0 Å². The molecule has 88 valence electrons. The van der Waals surface area contributed by atoms with E-state index in [-0.39, 0.29) is 0 Å². The molecule has 1 unspecified atom stereocenters. The fraction of sp³-hybridized carbons (Fsp3) is 0.778. The molecule has 0 saturated carbocycles. The van der Waals surface area contributed by atoms with Crippen LogP contribution in [0.25, 0.3) is 0 Å². The maximum absolute atomic E-state index is 11.3. The van der Waals surface area contributed by atoms with Crippen molar-refractivity contribution >= 4 is 11.9 Å². The molecule has 0 aromatic rings. The highest BCUT2D eigenvalue weighted by Crippen LogP contribution is 1.97. The Balaban J connectivity index is 4.29. The first-order chi connectivity index (χ1) is 6.90. The van der Waals surface area contributed by atoms with Crippen molar-refractivity contribution in [3.8, 4) is 0 Å². The standard InChI is InChI=1S/C9H18N2O4/c1-3-4-6(10)8(13)11-7(5(2)12)9(14)15/h5-7,12H,3-4,10H2,1-2H3,(H,11,13)(H,14,15)/t5-,6?,7+/m1/s1. The summed E-state index contributed by atoms with van der Waals surface area (Å²) < 4.78 is 0. The molecule has 6 heteroatoms. The third kappa shape index (κ3) is 4.75. The first-order valence-electron chi connectivity index (χ1n) is 4.87. The molecule has 0 aromatic heterocycles. The summed E-state index contributed by atoms with van der Waals surface area (Å²) in [6, 6.07) is -2.03. The van der Waals surface area contributed by atoms with Crippen molar-refractivity contribution in [1.29, 1.82) is 0 Å². The minimum Gasteiger partial charge on any atom is -0.480 e. The summed E-state index contributed by atoms with van der Waals surface area (Å²) in [5.41, 5.74) is 5.49. The number of nitrogens with one attached hydrogen (secondary N) is 1. The normalized spacial score (nSPS) is 16.5. The van der Waals surface area contributed by atoms with Crippen LogP contribution in [0.4, 0.5) is 0 Å². The van der Waals surface area contributed by atoms with Crippen LogP contribution in [0, 0.1) is 0 Å². The van der Waals surface area contributed by atoms with Crippen molar-refractivity contribution in [1.82, 2.24) is 5.32 Å².